The van der Waals surface area contributed by atoms with Gasteiger partial charge in [-0.25, -0.2) is 4.79 Å². The number of carboxylic acids is 1. The number of carbonyl (C=O) groups is 3. The van der Waals surface area contributed by atoms with E-state index in [1.54, 1.807) is 11.8 Å². The zero-order valence-corrected chi connectivity index (χ0v) is 22.1. The fraction of sp³-hybridized carbons (Fsp3) is 0.609. The van der Waals surface area contributed by atoms with Crippen LogP contribution in [0.4, 0.5) is 0 Å². The topological polar surface area (TPSA) is 122 Å². The lowest BCUT2D eigenvalue weighted by atomic mass is 10.1. The average molecular weight is 578 g/mol. The van der Waals surface area contributed by atoms with Gasteiger partial charge in [-0.15, -0.1) is 0 Å². The second-order valence-corrected chi connectivity index (χ2v) is 11.8. The second-order valence-electron chi connectivity index (χ2n) is 8.76. The number of nitrogens with one attached hydrogen (secondary N) is 2. The highest BCUT2D eigenvalue weighted by atomic mass is 127. The fourth-order valence-electron chi connectivity index (χ4n) is 2.85. The number of rotatable bonds is 14. The zero-order chi connectivity index (χ0) is 24.1. The van der Waals surface area contributed by atoms with Crippen molar-refractivity contribution in [3.8, 4) is 0 Å². The first-order valence-corrected chi connectivity index (χ1v) is 13.0. The lowest BCUT2D eigenvalue weighted by Gasteiger charge is -2.21. The molecule has 5 N–H and O–H groups in total. The van der Waals surface area contributed by atoms with E-state index in [0.29, 0.717) is 38.0 Å². The molecule has 1 unspecified atom stereocenters. The first-order valence-electron chi connectivity index (χ1n) is 10.9. The Kier molecular flexibility index (Phi) is 13.2. The van der Waals surface area contributed by atoms with E-state index in [1.165, 1.54) is 9.13 Å². The smallest absolute Gasteiger partial charge is 0.326 e. The quantitative estimate of drug-likeness (QED) is 0.199. The Morgan fingerprint density at radius 3 is 2.38 bits per heavy atom. The van der Waals surface area contributed by atoms with Gasteiger partial charge in [-0.2, -0.15) is 11.8 Å². The van der Waals surface area contributed by atoms with Crippen LogP contribution >= 0.6 is 34.4 Å². The van der Waals surface area contributed by atoms with Crippen molar-refractivity contribution in [1.82, 2.24) is 10.6 Å². The Bertz CT molecular complexity index is 738. The van der Waals surface area contributed by atoms with E-state index in [4.69, 9.17) is 5.73 Å². The third-order valence-electron chi connectivity index (χ3n) is 4.67. The van der Waals surface area contributed by atoms with Gasteiger partial charge in [0.15, 0.2) is 0 Å². The molecule has 1 rings (SSSR count). The summed E-state index contributed by atoms with van der Waals surface area (Å²) in [5, 5.41) is 14.8. The summed E-state index contributed by atoms with van der Waals surface area (Å²) >= 11 is 3.83. The van der Waals surface area contributed by atoms with Crippen LogP contribution in [-0.4, -0.2) is 52.0 Å². The number of carboxylic acid groups (broad SMARTS) is 1. The van der Waals surface area contributed by atoms with E-state index in [-0.39, 0.29) is 10.7 Å². The molecule has 1 aromatic rings. The van der Waals surface area contributed by atoms with Crippen molar-refractivity contribution in [1.29, 1.82) is 0 Å². The molecule has 0 bridgehead atoms. The normalized spacial score (nSPS) is 13.3. The summed E-state index contributed by atoms with van der Waals surface area (Å²) < 4.78 is 1.17. The SMILES string of the molecule is CC(C)(C)SCC(N)C(=O)N[C@H](CCCCNC(=O)CCCc1ccc(I)cc1)C(=O)O. The largest absolute Gasteiger partial charge is 0.480 e. The lowest BCUT2D eigenvalue weighted by molar-refractivity contribution is -0.142. The highest BCUT2D eigenvalue weighted by Gasteiger charge is 2.24. The third-order valence-corrected chi connectivity index (χ3v) is 6.78. The van der Waals surface area contributed by atoms with E-state index in [2.05, 4.69) is 57.5 Å². The molecule has 0 aromatic heterocycles. The molecule has 0 fully saturated rings. The molecule has 0 saturated carbocycles. The monoisotopic (exact) mass is 577 g/mol. The summed E-state index contributed by atoms with van der Waals surface area (Å²) in [7, 11) is 0. The molecule has 2 amide bonds. The molecule has 0 aliphatic heterocycles. The van der Waals surface area contributed by atoms with Gasteiger partial charge in [0.1, 0.15) is 6.04 Å². The number of unbranched alkanes of at least 4 members (excludes halogenated alkanes) is 1. The van der Waals surface area contributed by atoms with E-state index >= 15 is 0 Å². The van der Waals surface area contributed by atoms with Crippen molar-refractivity contribution in [2.45, 2.75) is 76.1 Å². The molecule has 0 saturated heterocycles. The number of amides is 2. The van der Waals surface area contributed by atoms with E-state index in [1.807, 2.05) is 20.8 Å². The van der Waals surface area contributed by atoms with Crippen molar-refractivity contribution >= 4 is 52.1 Å². The molecular weight excluding hydrogens is 541 g/mol. The summed E-state index contributed by atoms with van der Waals surface area (Å²) in [5.74, 6) is -1.10. The summed E-state index contributed by atoms with van der Waals surface area (Å²) in [6.45, 7) is 6.59. The van der Waals surface area contributed by atoms with Gasteiger partial charge in [0.25, 0.3) is 0 Å². The van der Waals surface area contributed by atoms with E-state index < -0.39 is 24.0 Å². The fourth-order valence-corrected chi connectivity index (χ4v) is 4.04. The number of thioether (sulfide) groups is 1. The lowest BCUT2D eigenvalue weighted by Crippen LogP contribution is -2.49. The minimum Gasteiger partial charge on any atom is -0.480 e. The third kappa shape index (κ3) is 13.3. The van der Waals surface area contributed by atoms with Gasteiger partial charge in [-0.1, -0.05) is 32.9 Å². The number of hydrogen-bond acceptors (Lipinski definition) is 5. The first kappa shape index (κ1) is 28.7. The van der Waals surface area contributed by atoms with Crippen molar-refractivity contribution in [3.05, 3.63) is 33.4 Å². The van der Waals surface area contributed by atoms with Crippen molar-refractivity contribution in [3.63, 3.8) is 0 Å². The summed E-state index contributed by atoms with van der Waals surface area (Å²) in [5.41, 5.74) is 7.11. The molecule has 0 spiro atoms. The van der Waals surface area contributed by atoms with Gasteiger partial charge >= 0.3 is 5.97 Å². The molecule has 0 heterocycles. The first-order chi connectivity index (χ1) is 15.0. The molecule has 0 radical (unpaired) electrons. The van der Waals surface area contributed by atoms with Crippen LogP contribution < -0.4 is 16.4 Å². The molecule has 32 heavy (non-hydrogen) atoms. The van der Waals surface area contributed by atoms with Gasteiger partial charge < -0.3 is 21.5 Å². The van der Waals surface area contributed by atoms with Gasteiger partial charge in [0.05, 0.1) is 6.04 Å². The van der Waals surface area contributed by atoms with Crippen LogP contribution in [-0.2, 0) is 20.8 Å². The maximum Gasteiger partial charge on any atom is 0.326 e. The molecule has 9 heteroatoms. The van der Waals surface area contributed by atoms with Crippen molar-refractivity contribution in [2.75, 3.05) is 12.3 Å². The van der Waals surface area contributed by atoms with Gasteiger partial charge in [0, 0.05) is 27.0 Å². The Hall–Kier alpha value is -1.33. The summed E-state index contributed by atoms with van der Waals surface area (Å²) in [6, 6.07) is 6.54. The molecule has 1 aromatic carbocycles. The van der Waals surface area contributed by atoms with Crippen LogP contribution in [0.1, 0.15) is 58.4 Å². The number of carbonyl (C=O) groups excluding carboxylic acids is 2. The predicted octanol–water partition coefficient (Wildman–Crippen LogP) is 3.33. The van der Waals surface area contributed by atoms with Crippen molar-refractivity contribution < 1.29 is 19.5 Å². The minimum atomic E-state index is -1.08. The molecule has 0 aliphatic rings. The number of aryl methyl sites for hydroxylation is 1. The molecular formula is C23H36IN3O4S. The average Bonchev–Trinajstić information content (AvgIpc) is 2.71. The highest BCUT2D eigenvalue weighted by molar-refractivity contribution is 14.1. The van der Waals surface area contributed by atoms with Crippen molar-refractivity contribution in [2.24, 2.45) is 5.73 Å². The molecule has 180 valence electrons. The maximum atomic E-state index is 12.2. The molecule has 0 aliphatic carbocycles. The maximum absolute atomic E-state index is 12.2. The zero-order valence-electron chi connectivity index (χ0n) is 19.2. The van der Waals surface area contributed by atoms with Gasteiger partial charge in [-0.3, -0.25) is 9.59 Å². The highest BCUT2D eigenvalue weighted by Crippen LogP contribution is 2.23. The van der Waals surface area contributed by atoms with E-state index in [9.17, 15) is 19.5 Å². The summed E-state index contributed by atoms with van der Waals surface area (Å²) in [6.07, 6.45) is 3.63. The van der Waals surface area contributed by atoms with Gasteiger partial charge in [0.2, 0.25) is 11.8 Å². The Morgan fingerprint density at radius 1 is 1.12 bits per heavy atom. The standard InChI is InChI=1S/C23H36IN3O4S/c1-23(2,3)32-15-18(25)21(29)27-19(22(30)31)8-4-5-14-26-20(28)9-6-7-16-10-12-17(24)13-11-16/h10-13,18-19H,4-9,14-15,25H2,1-3H3,(H,26,28)(H,27,29)(H,30,31)/t18?,19-/m1/s1. The number of benzene rings is 1. The molecule has 7 nitrogen and oxygen atoms in total. The van der Waals surface area contributed by atoms with Crippen LogP contribution in [0.25, 0.3) is 0 Å². The Balaban J connectivity index is 2.22. The second kappa shape index (κ2) is 14.7. The van der Waals surface area contributed by atoms with Gasteiger partial charge in [-0.05, 0) is 72.4 Å². The van der Waals surface area contributed by atoms with Crippen LogP contribution in [0, 0.1) is 3.57 Å². The Morgan fingerprint density at radius 2 is 1.78 bits per heavy atom. The van der Waals surface area contributed by atoms with Crippen LogP contribution in [0.3, 0.4) is 0 Å². The minimum absolute atomic E-state index is 0.000853. The number of nitrogens with two attached hydrogens (primary N) is 1. The number of hydrogen-bond donors (Lipinski definition) is 4. The Labute approximate surface area is 209 Å². The number of halogens is 1. The summed E-state index contributed by atoms with van der Waals surface area (Å²) in [4.78, 5) is 35.6. The number of aliphatic carboxylic acids is 1. The van der Waals surface area contributed by atoms with Crippen LogP contribution in [0.15, 0.2) is 24.3 Å². The molecule has 2 atom stereocenters. The van der Waals surface area contributed by atoms with E-state index in [0.717, 1.165) is 12.8 Å². The van der Waals surface area contributed by atoms with Crippen LogP contribution in [0.5, 0.6) is 0 Å². The van der Waals surface area contributed by atoms with Crippen LogP contribution in [0.2, 0.25) is 0 Å². The predicted molar refractivity (Wildman–Crippen MR) is 139 cm³/mol.